The van der Waals surface area contributed by atoms with Crippen LogP contribution in [-0.2, 0) is 4.79 Å². The molecule has 1 aromatic carbocycles. The van der Waals surface area contributed by atoms with E-state index < -0.39 is 0 Å². The van der Waals surface area contributed by atoms with E-state index >= 15 is 0 Å². The summed E-state index contributed by atoms with van der Waals surface area (Å²) < 4.78 is 0. The van der Waals surface area contributed by atoms with Gasteiger partial charge >= 0.3 is 0 Å². The number of hydrogen-bond donors (Lipinski definition) is 2. The molecule has 0 aromatic heterocycles. The average molecular weight is 220 g/mol. The first-order valence-electron chi connectivity index (χ1n) is 5.73. The fourth-order valence-electron chi connectivity index (χ4n) is 1.62. The van der Waals surface area contributed by atoms with E-state index in [1.54, 1.807) is 0 Å². The van der Waals surface area contributed by atoms with E-state index in [4.69, 9.17) is 0 Å². The van der Waals surface area contributed by atoms with E-state index in [0.29, 0.717) is 6.54 Å². The van der Waals surface area contributed by atoms with Gasteiger partial charge in [-0.2, -0.15) is 0 Å². The van der Waals surface area contributed by atoms with Crippen LogP contribution in [0.15, 0.2) is 30.3 Å². The zero-order chi connectivity index (χ0) is 12.0. The van der Waals surface area contributed by atoms with Crippen LogP contribution >= 0.6 is 0 Å². The topological polar surface area (TPSA) is 41.1 Å². The van der Waals surface area contributed by atoms with Crippen LogP contribution in [0.4, 0.5) is 0 Å². The van der Waals surface area contributed by atoms with Crippen LogP contribution in [-0.4, -0.2) is 18.5 Å². The van der Waals surface area contributed by atoms with Crippen LogP contribution in [0, 0.1) is 0 Å². The molecule has 3 nitrogen and oxygen atoms in total. The quantitative estimate of drug-likeness (QED) is 0.795. The van der Waals surface area contributed by atoms with Gasteiger partial charge in [0.1, 0.15) is 0 Å². The molecule has 0 saturated heterocycles. The molecule has 0 fully saturated rings. The SMILES string of the molecule is CCNC(=O)C(C)N[C@@H](C)c1ccccc1. The Balaban J connectivity index is 2.51. The molecule has 1 amide bonds. The Morgan fingerprint density at radius 1 is 1.25 bits per heavy atom. The molecule has 16 heavy (non-hydrogen) atoms. The molecule has 1 unspecified atom stereocenters. The van der Waals surface area contributed by atoms with Crippen molar-refractivity contribution in [2.45, 2.75) is 32.9 Å². The van der Waals surface area contributed by atoms with E-state index in [-0.39, 0.29) is 18.0 Å². The van der Waals surface area contributed by atoms with Gasteiger partial charge in [-0.05, 0) is 26.3 Å². The molecule has 0 aliphatic heterocycles. The van der Waals surface area contributed by atoms with E-state index in [2.05, 4.69) is 29.7 Å². The van der Waals surface area contributed by atoms with Crippen LogP contribution in [0.5, 0.6) is 0 Å². The molecule has 88 valence electrons. The third kappa shape index (κ3) is 3.66. The molecular weight excluding hydrogens is 200 g/mol. The molecule has 0 spiro atoms. The lowest BCUT2D eigenvalue weighted by Crippen LogP contribution is -2.42. The zero-order valence-electron chi connectivity index (χ0n) is 10.2. The standard InChI is InChI=1S/C13H20N2O/c1-4-14-13(16)11(3)15-10(2)12-8-6-5-7-9-12/h5-11,15H,4H2,1-3H3,(H,14,16)/t10-,11?/m0/s1. The molecule has 2 atom stereocenters. The molecule has 1 rings (SSSR count). The highest BCUT2D eigenvalue weighted by atomic mass is 16.2. The van der Waals surface area contributed by atoms with E-state index in [1.807, 2.05) is 32.0 Å². The summed E-state index contributed by atoms with van der Waals surface area (Å²) >= 11 is 0. The van der Waals surface area contributed by atoms with Crippen LogP contribution < -0.4 is 10.6 Å². The smallest absolute Gasteiger partial charge is 0.236 e. The maximum Gasteiger partial charge on any atom is 0.236 e. The molecule has 3 heteroatoms. The first kappa shape index (κ1) is 12.7. The third-order valence-corrected chi connectivity index (χ3v) is 2.54. The Kier molecular flexibility index (Phi) is 4.99. The van der Waals surface area contributed by atoms with E-state index in [1.165, 1.54) is 5.56 Å². The number of carbonyl (C=O) groups excluding carboxylic acids is 1. The highest BCUT2D eigenvalue weighted by Crippen LogP contribution is 2.11. The maximum absolute atomic E-state index is 11.5. The van der Waals surface area contributed by atoms with Crippen LogP contribution in [0.2, 0.25) is 0 Å². The summed E-state index contributed by atoms with van der Waals surface area (Å²) in [5.41, 5.74) is 1.19. The van der Waals surface area contributed by atoms with Crippen molar-refractivity contribution in [3.05, 3.63) is 35.9 Å². The lowest BCUT2D eigenvalue weighted by atomic mass is 10.1. The van der Waals surface area contributed by atoms with Crippen molar-refractivity contribution >= 4 is 5.91 Å². The van der Waals surface area contributed by atoms with Crippen molar-refractivity contribution in [3.63, 3.8) is 0 Å². The minimum absolute atomic E-state index is 0.0466. The second-order valence-electron chi connectivity index (χ2n) is 3.92. The molecular formula is C13H20N2O. The molecule has 1 aromatic rings. The van der Waals surface area contributed by atoms with Gasteiger partial charge in [-0.25, -0.2) is 0 Å². The molecule has 0 radical (unpaired) electrons. The van der Waals surface area contributed by atoms with Gasteiger partial charge in [-0.3, -0.25) is 10.1 Å². The number of hydrogen-bond acceptors (Lipinski definition) is 2. The lowest BCUT2D eigenvalue weighted by molar-refractivity contribution is -0.122. The molecule has 0 aliphatic carbocycles. The van der Waals surface area contributed by atoms with Gasteiger partial charge in [0.05, 0.1) is 6.04 Å². The fraction of sp³-hybridized carbons (Fsp3) is 0.462. The highest BCUT2D eigenvalue weighted by Gasteiger charge is 2.14. The third-order valence-electron chi connectivity index (χ3n) is 2.54. The Hall–Kier alpha value is -1.35. The van der Waals surface area contributed by atoms with Gasteiger partial charge < -0.3 is 5.32 Å². The first-order valence-corrected chi connectivity index (χ1v) is 5.73. The fourth-order valence-corrected chi connectivity index (χ4v) is 1.62. The summed E-state index contributed by atoms with van der Waals surface area (Å²) in [6.07, 6.45) is 0. The van der Waals surface area contributed by atoms with Crippen molar-refractivity contribution in [2.75, 3.05) is 6.54 Å². The Morgan fingerprint density at radius 2 is 1.88 bits per heavy atom. The summed E-state index contributed by atoms with van der Waals surface area (Å²) in [6.45, 7) is 6.53. The van der Waals surface area contributed by atoms with Crippen molar-refractivity contribution < 1.29 is 4.79 Å². The van der Waals surface area contributed by atoms with Crippen LogP contribution in [0.1, 0.15) is 32.4 Å². The van der Waals surface area contributed by atoms with Crippen molar-refractivity contribution in [3.8, 4) is 0 Å². The first-order chi connectivity index (χ1) is 7.65. The summed E-state index contributed by atoms with van der Waals surface area (Å²) in [7, 11) is 0. The maximum atomic E-state index is 11.5. The molecule has 0 aliphatic rings. The molecule has 0 heterocycles. The summed E-state index contributed by atoms with van der Waals surface area (Å²) in [5, 5.41) is 6.07. The van der Waals surface area contributed by atoms with Gasteiger partial charge in [0.2, 0.25) is 5.91 Å². The number of carbonyl (C=O) groups is 1. The molecule has 0 saturated carbocycles. The van der Waals surface area contributed by atoms with Gasteiger partial charge in [0.15, 0.2) is 0 Å². The van der Waals surface area contributed by atoms with Crippen LogP contribution in [0.25, 0.3) is 0 Å². The lowest BCUT2D eigenvalue weighted by Gasteiger charge is -2.19. The summed E-state index contributed by atoms with van der Waals surface area (Å²) in [5.74, 6) is 0.0466. The molecule has 0 bridgehead atoms. The average Bonchev–Trinajstić information content (AvgIpc) is 2.30. The van der Waals surface area contributed by atoms with Crippen molar-refractivity contribution in [1.82, 2.24) is 10.6 Å². The zero-order valence-corrected chi connectivity index (χ0v) is 10.2. The number of benzene rings is 1. The van der Waals surface area contributed by atoms with Gasteiger partial charge in [0.25, 0.3) is 0 Å². The predicted molar refractivity (Wildman–Crippen MR) is 66.1 cm³/mol. The minimum Gasteiger partial charge on any atom is -0.355 e. The Bertz CT molecular complexity index is 324. The highest BCUT2D eigenvalue weighted by molar-refractivity contribution is 5.81. The summed E-state index contributed by atoms with van der Waals surface area (Å²) in [6, 6.07) is 10.1. The number of amides is 1. The number of nitrogens with one attached hydrogen (secondary N) is 2. The predicted octanol–water partition coefficient (Wildman–Crippen LogP) is 1.86. The minimum atomic E-state index is -0.171. The van der Waals surface area contributed by atoms with Crippen molar-refractivity contribution in [1.29, 1.82) is 0 Å². The summed E-state index contributed by atoms with van der Waals surface area (Å²) in [4.78, 5) is 11.5. The van der Waals surface area contributed by atoms with Gasteiger partial charge in [-0.1, -0.05) is 30.3 Å². The van der Waals surface area contributed by atoms with Crippen LogP contribution in [0.3, 0.4) is 0 Å². The normalized spacial score (nSPS) is 14.2. The van der Waals surface area contributed by atoms with Crippen molar-refractivity contribution in [2.24, 2.45) is 0 Å². The number of rotatable bonds is 5. The largest absolute Gasteiger partial charge is 0.355 e. The monoisotopic (exact) mass is 220 g/mol. The Morgan fingerprint density at radius 3 is 2.44 bits per heavy atom. The van der Waals surface area contributed by atoms with E-state index in [9.17, 15) is 4.79 Å². The Labute approximate surface area is 97.2 Å². The molecule has 2 N–H and O–H groups in total. The van der Waals surface area contributed by atoms with E-state index in [0.717, 1.165) is 0 Å². The van der Waals surface area contributed by atoms with Gasteiger partial charge in [-0.15, -0.1) is 0 Å². The second-order valence-corrected chi connectivity index (χ2v) is 3.92. The van der Waals surface area contributed by atoms with Gasteiger partial charge in [0, 0.05) is 12.6 Å². The number of likely N-dealkylation sites (N-methyl/N-ethyl adjacent to an activating group) is 1. The second kappa shape index (κ2) is 6.28.